The monoisotopic (exact) mass is 183 g/mol. The highest BCUT2D eigenvalue weighted by Gasteiger charge is 1.94. The van der Waals surface area contributed by atoms with Gasteiger partial charge in [-0.1, -0.05) is 36.4 Å². The van der Waals surface area contributed by atoms with Crippen molar-refractivity contribution in [1.29, 1.82) is 5.26 Å². The molecule has 70 valence electrons. The first-order chi connectivity index (χ1) is 6.77. The highest BCUT2D eigenvalue weighted by molar-refractivity contribution is 5.67. The zero-order valence-corrected chi connectivity index (χ0v) is 8.49. The summed E-state index contributed by atoms with van der Waals surface area (Å²) < 4.78 is 0. The molecule has 0 saturated carbocycles. The number of rotatable bonds is 2. The van der Waals surface area contributed by atoms with Crippen LogP contribution in [0.5, 0.6) is 0 Å². The molecule has 0 heterocycles. The van der Waals surface area contributed by atoms with Gasteiger partial charge in [0.25, 0.3) is 0 Å². The van der Waals surface area contributed by atoms with Gasteiger partial charge in [-0.05, 0) is 31.1 Å². The van der Waals surface area contributed by atoms with Gasteiger partial charge in [-0.2, -0.15) is 5.26 Å². The molecule has 1 heteroatoms. The van der Waals surface area contributed by atoms with Gasteiger partial charge in [-0.3, -0.25) is 0 Å². The van der Waals surface area contributed by atoms with Crippen LogP contribution in [0, 0.1) is 11.3 Å². The molecule has 1 aromatic carbocycles. The van der Waals surface area contributed by atoms with Crippen LogP contribution in [0.25, 0.3) is 5.57 Å². The molecule has 1 nitrogen and oxygen atoms in total. The minimum atomic E-state index is 0.700. The normalized spacial score (nSPS) is 12.4. The molecule has 0 spiro atoms. The summed E-state index contributed by atoms with van der Waals surface area (Å²) in [6, 6.07) is 12.2. The summed E-state index contributed by atoms with van der Waals surface area (Å²) in [5.74, 6) is 0. The Morgan fingerprint density at radius 2 is 1.93 bits per heavy atom. The quantitative estimate of drug-likeness (QED) is 0.508. The molecular formula is C13H13N. The molecule has 0 radical (unpaired) electrons. The fourth-order valence-corrected chi connectivity index (χ4v) is 1.20. The maximum atomic E-state index is 8.76. The molecule has 1 rings (SSSR count). The Morgan fingerprint density at radius 1 is 1.29 bits per heavy atom. The third-order valence-corrected chi connectivity index (χ3v) is 2.04. The third kappa shape index (κ3) is 2.60. The van der Waals surface area contributed by atoms with Crippen molar-refractivity contribution in [3.05, 3.63) is 53.6 Å². The molecule has 0 N–H and O–H groups in total. The lowest BCUT2D eigenvalue weighted by atomic mass is 10.1. The van der Waals surface area contributed by atoms with Gasteiger partial charge in [0.05, 0.1) is 6.07 Å². The molecule has 1 aromatic rings. The average molecular weight is 183 g/mol. The number of nitrogens with zero attached hydrogens (tertiary/aromatic N) is 1. The second kappa shape index (κ2) is 5.04. The van der Waals surface area contributed by atoms with Crippen molar-refractivity contribution in [2.45, 2.75) is 13.8 Å². The molecule has 0 aliphatic rings. The van der Waals surface area contributed by atoms with Crippen LogP contribution in [-0.2, 0) is 0 Å². The lowest BCUT2D eigenvalue weighted by molar-refractivity contribution is 1.47. The van der Waals surface area contributed by atoms with E-state index in [2.05, 4.69) is 6.07 Å². The van der Waals surface area contributed by atoms with E-state index in [1.807, 2.05) is 56.3 Å². The van der Waals surface area contributed by atoms with E-state index in [9.17, 15) is 0 Å². The molecule has 0 saturated heterocycles. The average Bonchev–Trinajstić information content (AvgIpc) is 2.26. The Balaban J connectivity index is 2.97. The molecular weight excluding hydrogens is 170 g/mol. The summed E-state index contributed by atoms with van der Waals surface area (Å²) in [6.45, 7) is 3.88. The Kier molecular flexibility index (Phi) is 3.69. The van der Waals surface area contributed by atoms with Crippen molar-refractivity contribution >= 4 is 5.57 Å². The van der Waals surface area contributed by atoms with Gasteiger partial charge in [0.15, 0.2) is 0 Å². The Morgan fingerprint density at radius 3 is 2.43 bits per heavy atom. The van der Waals surface area contributed by atoms with Crippen LogP contribution in [0.2, 0.25) is 0 Å². The van der Waals surface area contributed by atoms with Crippen molar-refractivity contribution in [2.75, 3.05) is 0 Å². The lowest BCUT2D eigenvalue weighted by Crippen LogP contribution is -1.79. The highest BCUT2D eigenvalue weighted by atomic mass is 14.2. The Bertz CT molecular complexity index is 391. The minimum Gasteiger partial charge on any atom is -0.192 e. The molecule has 14 heavy (non-hydrogen) atoms. The molecule has 0 fully saturated rings. The van der Waals surface area contributed by atoms with E-state index >= 15 is 0 Å². The van der Waals surface area contributed by atoms with E-state index in [1.165, 1.54) is 0 Å². The Labute approximate surface area is 85.0 Å². The molecule has 0 atom stereocenters. The molecule has 0 bridgehead atoms. The van der Waals surface area contributed by atoms with Crippen LogP contribution in [0.3, 0.4) is 0 Å². The van der Waals surface area contributed by atoms with Gasteiger partial charge in [0.2, 0.25) is 0 Å². The third-order valence-electron chi connectivity index (χ3n) is 2.04. The van der Waals surface area contributed by atoms with Gasteiger partial charge in [-0.15, -0.1) is 0 Å². The van der Waals surface area contributed by atoms with Crippen LogP contribution in [0.4, 0.5) is 0 Å². The molecule has 0 amide bonds. The van der Waals surface area contributed by atoms with Crippen molar-refractivity contribution in [2.24, 2.45) is 0 Å². The first kappa shape index (κ1) is 10.3. The minimum absolute atomic E-state index is 0.700. The van der Waals surface area contributed by atoms with Crippen LogP contribution >= 0.6 is 0 Å². The first-order valence-corrected chi connectivity index (χ1v) is 4.58. The maximum absolute atomic E-state index is 8.76. The Hall–Kier alpha value is -1.81. The molecule has 0 aromatic heterocycles. The highest BCUT2D eigenvalue weighted by Crippen LogP contribution is 2.14. The van der Waals surface area contributed by atoms with E-state index in [0.29, 0.717) is 5.57 Å². The van der Waals surface area contributed by atoms with E-state index < -0.39 is 0 Å². The smallest absolute Gasteiger partial charge is 0.0988 e. The lowest BCUT2D eigenvalue weighted by Gasteiger charge is -1.99. The second-order valence-electron chi connectivity index (χ2n) is 3.05. The summed E-state index contributed by atoms with van der Waals surface area (Å²) in [5.41, 5.74) is 2.97. The topological polar surface area (TPSA) is 23.8 Å². The van der Waals surface area contributed by atoms with Gasteiger partial charge in [-0.25, -0.2) is 0 Å². The molecule has 0 aliphatic carbocycles. The van der Waals surface area contributed by atoms with Crippen molar-refractivity contribution in [1.82, 2.24) is 0 Å². The molecule has 0 unspecified atom stereocenters. The standard InChI is InChI=1S/C13H13N/c1-3-12(10-14)9-11(2)13-7-5-4-6-8-13/h3-9H,1-2H3/b11-9+,12-3+. The van der Waals surface area contributed by atoms with Crippen LogP contribution in [0.15, 0.2) is 48.1 Å². The summed E-state index contributed by atoms with van der Waals surface area (Å²) in [6.07, 6.45) is 3.71. The van der Waals surface area contributed by atoms with E-state index in [0.717, 1.165) is 11.1 Å². The fourth-order valence-electron chi connectivity index (χ4n) is 1.20. The number of nitriles is 1. The van der Waals surface area contributed by atoms with Gasteiger partial charge in [0.1, 0.15) is 0 Å². The van der Waals surface area contributed by atoms with Crippen LogP contribution in [-0.4, -0.2) is 0 Å². The van der Waals surface area contributed by atoms with Crippen molar-refractivity contribution in [3.8, 4) is 6.07 Å². The van der Waals surface area contributed by atoms with E-state index in [4.69, 9.17) is 5.26 Å². The van der Waals surface area contributed by atoms with Crippen molar-refractivity contribution < 1.29 is 0 Å². The van der Waals surface area contributed by atoms with Crippen LogP contribution < -0.4 is 0 Å². The number of allylic oxidation sites excluding steroid dienone is 4. The fraction of sp³-hybridized carbons (Fsp3) is 0.154. The predicted octanol–water partition coefficient (Wildman–Crippen LogP) is 3.56. The van der Waals surface area contributed by atoms with Gasteiger partial charge >= 0.3 is 0 Å². The SMILES string of the molecule is C/C=C(C#N)\C=C(/C)c1ccccc1. The van der Waals surface area contributed by atoms with E-state index in [1.54, 1.807) is 0 Å². The zero-order chi connectivity index (χ0) is 10.4. The number of hydrogen-bond donors (Lipinski definition) is 0. The first-order valence-electron chi connectivity index (χ1n) is 4.58. The molecule has 0 aliphatic heterocycles. The van der Waals surface area contributed by atoms with E-state index in [-0.39, 0.29) is 0 Å². The van der Waals surface area contributed by atoms with Gasteiger partial charge in [0, 0.05) is 5.57 Å². The largest absolute Gasteiger partial charge is 0.192 e. The summed E-state index contributed by atoms with van der Waals surface area (Å²) in [5, 5.41) is 8.76. The van der Waals surface area contributed by atoms with Gasteiger partial charge < -0.3 is 0 Å². The second-order valence-corrected chi connectivity index (χ2v) is 3.05. The maximum Gasteiger partial charge on any atom is 0.0988 e. The van der Waals surface area contributed by atoms with Crippen LogP contribution in [0.1, 0.15) is 19.4 Å². The summed E-state index contributed by atoms with van der Waals surface area (Å²) >= 11 is 0. The number of hydrogen-bond acceptors (Lipinski definition) is 1. The predicted molar refractivity (Wildman–Crippen MR) is 59.5 cm³/mol. The number of benzene rings is 1. The summed E-state index contributed by atoms with van der Waals surface area (Å²) in [7, 11) is 0. The zero-order valence-electron chi connectivity index (χ0n) is 8.49. The van der Waals surface area contributed by atoms with Crippen molar-refractivity contribution in [3.63, 3.8) is 0 Å². The summed E-state index contributed by atoms with van der Waals surface area (Å²) in [4.78, 5) is 0.